The Morgan fingerprint density at radius 2 is 2.00 bits per heavy atom. The average Bonchev–Trinajstić information content (AvgIpc) is 3.09. The van der Waals surface area contributed by atoms with Crippen molar-refractivity contribution in [3.63, 3.8) is 0 Å². The summed E-state index contributed by atoms with van der Waals surface area (Å²) in [4.78, 5) is 24.5. The normalized spacial score (nSPS) is 15.5. The number of rotatable bonds is 7. The van der Waals surface area contributed by atoms with Crippen molar-refractivity contribution in [3.05, 3.63) is 22.7 Å². The fourth-order valence-electron chi connectivity index (χ4n) is 2.79. The molecule has 0 unspecified atom stereocenters. The molecule has 7 heteroatoms. The Labute approximate surface area is 152 Å². The molecule has 0 aromatic heterocycles. The van der Waals surface area contributed by atoms with Crippen LogP contribution in [0.15, 0.2) is 12.1 Å². The van der Waals surface area contributed by atoms with Crippen LogP contribution in [0.5, 0.6) is 11.5 Å². The fraction of sp³-hybridized carbons (Fsp3) is 0.556. The lowest BCUT2D eigenvalue weighted by Gasteiger charge is -2.18. The predicted molar refractivity (Wildman–Crippen MR) is 94.4 cm³/mol. The zero-order valence-electron chi connectivity index (χ0n) is 14.8. The Hall–Kier alpha value is -1.95. The zero-order valence-corrected chi connectivity index (χ0v) is 15.5. The summed E-state index contributed by atoms with van der Waals surface area (Å²) < 4.78 is 15.9. The van der Waals surface area contributed by atoms with E-state index < -0.39 is 12.1 Å². The van der Waals surface area contributed by atoms with Crippen LogP contribution in [0.1, 0.15) is 49.9 Å². The van der Waals surface area contributed by atoms with Crippen molar-refractivity contribution in [2.24, 2.45) is 0 Å². The van der Waals surface area contributed by atoms with E-state index in [-0.39, 0.29) is 22.5 Å². The number of ether oxygens (including phenoxy) is 3. The second kappa shape index (κ2) is 8.94. The highest BCUT2D eigenvalue weighted by Gasteiger charge is 2.24. The maximum absolute atomic E-state index is 12.3. The molecular weight excluding hydrogens is 346 g/mol. The second-order valence-electron chi connectivity index (χ2n) is 5.96. The maximum Gasteiger partial charge on any atom is 0.339 e. The third-order valence-electron chi connectivity index (χ3n) is 4.11. The van der Waals surface area contributed by atoms with Crippen LogP contribution in [0.3, 0.4) is 0 Å². The summed E-state index contributed by atoms with van der Waals surface area (Å²) >= 11 is 6.16. The van der Waals surface area contributed by atoms with Crippen molar-refractivity contribution in [1.29, 1.82) is 0 Å². The van der Waals surface area contributed by atoms with Crippen LogP contribution in [0.4, 0.5) is 0 Å². The first-order valence-electron chi connectivity index (χ1n) is 8.48. The Kier molecular flexibility index (Phi) is 6.93. The predicted octanol–water partition coefficient (Wildman–Crippen LogP) is 3.35. The van der Waals surface area contributed by atoms with Gasteiger partial charge >= 0.3 is 5.97 Å². The SMILES string of the molecule is CCOc1c(Cl)cc(C(=O)O[C@H](C)C(=O)NC2CCCC2)cc1OC. The van der Waals surface area contributed by atoms with E-state index in [2.05, 4.69) is 5.32 Å². The van der Waals surface area contributed by atoms with Crippen molar-refractivity contribution in [2.75, 3.05) is 13.7 Å². The summed E-state index contributed by atoms with van der Waals surface area (Å²) in [5.74, 6) is -0.221. The van der Waals surface area contributed by atoms with E-state index in [1.165, 1.54) is 19.2 Å². The van der Waals surface area contributed by atoms with Crippen LogP contribution in [-0.4, -0.2) is 37.7 Å². The molecule has 0 bridgehead atoms. The fourth-order valence-corrected chi connectivity index (χ4v) is 3.06. The molecule has 1 aliphatic carbocycles. The molecule has 1 saturated carbocycles. The minimum atomic E-state index is -0.885. The third-order valence-corrected chi connectivity index (χ3v) is 4.39. The van der Waals surface area contributed by atoms with Crippen molar-refractivity contribution in [1.82, 2.24) is 5.32 Å². The summed E-state index contributed by atoms with van der Waals surface area (Å²) in [5.41, 5.74) is 0.200. The monoisotopic (exact) mass is 369 g/mol. The number of carbonyl (C=O) groups is 2. The van der Waals surface area contributed by atoms with E-state index >= 15 is 0 Å². The Bertz CT molecular complexity index is 628. The van der Waals surface area contributed by atoms with Crippen molar-refractivity contribution >= 4 is 23.5 Å². The standard InChI is InChI=1S/C18H24ClNO5/c1-4-24-16-14(19)9-12(10-15(16)23-3)18(22)25-11(2)17(21)20-13-7-5-6-8-13/h9-11,13H,4-8H2,1-3H3,(H,20,21)/t11-/m1/s1. The highest BCUT2D eigenvalue weighted by Crippen LogP contribution is 2.36. The summed E-state index contributed by atoms with van der Waals surface area (Å²) in [7, 11) is 1.46. The molecule has 1 aromatic carbocycles. The Morgan fingerprint density at radius 3 is 2.60 bits per heavy atom. The molecule has 0 saturated heterocycles. The number of hydrogen-bond donors (Lipinski definition) is 1. The number of methoxy groups -OCH3 is 1. The van der Waals surface area contributed by atoms with E-state index in [9.17, 15) is 9.59 Å². The quantitative estimate of drug-likeness (QED) is 0.746. The van der Waals surface area contributed by atoms with Gasteiger partial charge in [-0.3, -0.25) is 4.79 Å². The van der Waals surface area contributed by atoms with Gasteiger partial charge in [-0.05, 0) is 38.8 Å². The number of halogens is 1. The largest absolute Gasteiger partial charge is 0.493 e. The molecule has 1 aliphatic rings. The van der Waals surface area contributed by atoms with Crippen LogP contribution in [-0.2, 0) is 9.53 Å². The van der Waals surface area contributed by atoms with Gasteiger partial charge in [0.1, 0.15) is 0 Å². The molecule has 138 valence electrons. The molecule has 2 rings (SSSR count). The van der Waals surface area contributed by atoms with Gasteiger partial charge in [0.05, 0.1) is 24.3 Å². The number of carbonyl (C=O) groups excluding carboxylic acids is 2. The second-order valence-corrected chi connectivity index (χ2v) is 6.37. The Morgan fingerprint density at radius 1 is 1.32 bits per heavy atom. The molecule has 0 radical (unpaired) electrons. The van der Waals surface area contributed by atoms with E-state index in [1.54, 1.807) is 6.92 Å². The molecule has 0 spiro atoms. The molecule has 25 heavy (non-hydrogen) atoms. The van der Waals surface area contributed by atoms with Gasteiger partial charge in [-0.15, -0.1) is 0 Å². The van der Waals surface area contributed by atoms with Gasteiger partial charge in [0.2, 0.25) is 0 Å². The highest BCUT2D eigenvalue weighted by molar-refractivity contribution is 6.32. The molecule has 1 atom stereocenters. The van der Waals surface area contributed by atoms with Crippen molar-refractivity contribution in [3.8, 4) is 11.5 Å². The van der Waals surface area contributed by atoms with Crippen LogP contribution >= 0.6 is 11.6 Å². The summed E-state index contributed by atoms with van der Waals surface area (Å²) in [5, 5.41) is 3.15. The lowest BCUT2D eigenvalue weighted by molar-refractivity contribution is -0.129. The molecule has 1 fully saturated rings. The topological polar surface area (TPSA) is 73.9 Å². The van der Waals surface area contributed by atoms with Gasteiger partial charge in [0.25, 0.3) is 5.91 Å². The van der Waals surface area contributed by atoms with Gasteiger partial charge < -0.3 is 19.5 Å². The number of esters is 1. The Balaban J connectivity index is 2.04. The first-order chi connectivity index (χ1) is 12.0. The lowest BCUT2D eigenvalue weighted by Crippen LogP contribution is -2.40. The van der Waals surface area contributed by atoms with Gasteiger partial charge in [-0.2, -0.15) is 0 Å². The van der Waals surface area contributed by atoms with E-state index in [1.807, 2.05) is 6.92 Å². The van der Waals surface area contributed by atoms with Crippen molar-refractivity contribution in [2.45, 2.75) is 51.7 Å². The smallest absolute Gasteiger partial charge is 0.339 e. The van der Waals surface area contributed by atoms with E-state index in [4.69, 9.17) is 25.8 Å². The highest BCUT2D eigenvalue weighted by atomic mass is 35.5. The first-order valence-corrected chi connectivity index (χ1v) is 8.85. The third kappa shape index (κ3) is 5.01. The molecule has 1 N–H and O–H groups in total. The number of amides is 1. The lowest BCUT2D eigenvalue weighted by atomic mass is 10.2. The van der Waals surface area contributed by atoms with Crippen LogP contribution in [0.25, 0.3) is 0 Å². The van der Waals surface area contributed by atoms with Crippen LogP contribution in [0, 0.1) is 0 Å². The van der Waals surface area contributed by atoms with Gasteiger partial charge in [0.15, 0.2) is 17.6 Å². The van der Waals surface area contributed by atoms with Crippen LogP contribution in [0.2, 0.25) is 5.02 Å². The first kappa shape index (κ1) is 19.4. The summed E-state index contributed by atoms with van der Waals surface area (Å²) in [6.07, 6.45) is 3.29. The zero-order chi connectivity index (χ0) is 18.4. The van der Waals surface area contributed by atoms with E-state index in [0.717, 1.165) is 25.7 Å². The van der Waals surface area contributed by atoms with E-state index in [0.29, 0.717) is 18.1 Å². The van der Waals surface area contributed by atoms with Gasteiger partial charge in [-0.1, -0.05) is 24.4 Å². The number of hydrogen-bond acceptors (Lipinski definition) is 5. The van der Waals surface area contributed by atoms with Crippen LogP contribution < -0.4 is 14.8 Å². The molecule has 0 aliphatic heterocycles. The molecular formula is C18H24ClNO5. The average molecular weight is 370 g/mol. The van der Waals surface area contributed by atoms with Crippen molar-refractivity contribution < 1.29 is 23.8 Å². The molecule has 6 nitrogen and oxygen atoms in total. The molecule has 1 aromatic rings. The summed E-state index contributed by atoms with van der Waals surface area (Å²) in [6.45, 7) is 3.79. The van der Waals surface area contributed by atoms with Gasteiger partial charge in [0, 0.05) is 6.04 Å². The summed E-state index contributed by atoms with van der Waals surface area (Å²) in [6, 6.07) is 3.11. The minimum Gasteiger partial charge on any atom is -0.493 e. The maximum atomic E-state index is 12.3. The number of nitrogens with one attached hydrogen (secondary N) is 1. The molecule has 0 heterocycles. The minimum absolute atomic E-state index is 0.175. The molecule has 1 amide bonds. The number of benzene rings is 1. The van der Waals surface area contributed by atoms with Gasteiger partial charge in [-0.25, -0.2) is 4.79 Å².